The van der Waals surface area contributed by atoms with E-state index in [-0.39, 0.29) is 11.7 Å². The minimum Gasteiger partial charge on any atom is -0.383 e. The second-order valence-corrected chi connectivity index (χ2v) is 7.27. The van der Waals surface area contributed by atoms with Crippen molar-refractivity contribution in [2.75, 3.05) is 37.1 Å². The molecule has 108 valence electrons. The molecule has 2 heterocycles. The Hall–Kier alpha value is -1.08. The van der Waals surface area contributed by atoms with Crippen molar-refractivity contribution in [2.24, 2.45) is 5.92 Å². The van der Waals surface area contributed by atoms with Crippen molar-refractivity contribution in [3.05, 3.63) is 11.9 Å². The summed E-state index contributed by atoms with van der Waals surface area (Å²) < 4.78 is 29.9. The third kappa shape index (κ3) is 3.94. The fraction of sp³-hybridized carbons (Fsp3) is 0.750. The largest absolute Gasteiger partial charge is 0.383 e. The van der Waals surface area contributed by atoms with E-state index in [0.29, 0.717) is 18.9 Å². The van der Waals surface area contributed by atoms with Gasteiger partial charge in [0.05, 0.1) is 23.8 Å². The molecule has 0 aliphatic carbocycles. The first-order valence-corrected chi connectivity index (χ1v) is 8.29. The number of rotatable bonds is 6. The summed E-state index contributed by atoms with van der Waals surface area (Å²) in [5, 5.41) is 3.25. The Kier molecular flexibility index (Phi) is 4.46. The average Bonchev–Trinajstić information content (AvgIpc) is 2.86. The lowest BCUT2D eigenvalue weighted by atomic mass is 10.1. The minimum atomic E-state index is -2.81. The summed E-state index contributed by atoms with van der Waals surface area (Å²) in [6.07, 6.45) is 2.71. The summed E-state index contributed by atoms with van der Waals surface area (Å²) >= 11 is 0. The van der Waals surface area contributed by atoms with E-state index in [2.05, 4.69) is 10.3 Å². The first-order chi connectivity index (χ1) is 9.00. The summed E-state index contributed by atoms with van der Waals surface area (Å²) in [6, 6.07) is 0. The molecule has 0 amide bonds. The second-order valence-electron chi connectivity index (χ2n) is 5.04. The van der Waals surface area contributed by atoms with Crippen LogP contribution < -0.4 is 5.32 Å². The molecular formula is C12H21N3O3S. The minimum absolute atomic E-state index is 0.192. The van der Waals surface area contributed by atoms with Crippen LogP contribution in [0.3, 0.4) is 0 Å². The molecule has 0 saturated carbocycles. The van der Waals surface area contributed by atoms with Gasteiger partial charge in [-0.2, -0.15) is 0 Å². The molecule has 0 spiro atoms. The molecule has 1 aromatic heterocycles. The molecular weight excluding hydrogens is 266 g/mol. The zero-order valence-corrected chi connectivity index (χ0v) is 12.2. The Morgan fingerprint density at radius 3 is 3.00 bits per heavy atom. The third-order valence-corrected chi connectivity index (χ3v) is 5.15. The van der Waals surface area contributed by atoms with Crippen LogP contribution in [-0.2, 0) is 21.1 Å². The quantitative estimate of drug-likeness (QED) is 0.833. The maximum Gasteiger partial charge on any atom is 0.203 e. The molecule has 1 unspecified atom stereocenters. The number of nitrogens with zero attached hydrogens (tertiary/aromatic N) is 2. The Bertz CT molecular complexity index is 524. The predicted octanol–water partition coefficient (Wildman–Crippen LogP) is 0.685. The fourth-order valence-electron chi connectivity index (χ4n) is 2.32. The Morgan fingerprint density at radius 2 is 2.37 bits per heavy atom. The molecule has 2 rings (SSSR count). The van der Waals surface area contributed by atoms with Gasteiger partial charge >= 0.3 is 0 Å². The van der Waals surface area contributed by atoms with E-state index in [1.807, 2.05) is 17.7 Å². The number of anilines is 1. The zero-order chi connectivity index (χ0) is 13.9. The highest BCUT2D eigenvalue weighted by atomic mass is 32.2. The molecule has 0 aromatic carbocycles. The molecule has 1 aliphatic rings. The van der Waals surface area contributed by atoms with E-state index >= 15 is 0 Å². The van der Waals surface area contributed by atoms with Crippen LogP contribution in [0.5, 0.6) is 0 Å². The number of hydrogen-bond acceptors (Lipinski definition) is 5. The van der Waals surface area contributed by atoms with Gasteiger partial charge in [-0.05, 0) is 19.3 Å². The van der Waals surface area contributed by atoms with Gasteiger partial charge in [-0.1, -0.05) is 0 Å². The number of aromatic nitrogens is 2. The van der Waals surface area contributed by atoms with Gasteiger partial charge in [0.2, 0.25) is 5.95 Å². The van der Waals surface area contributed by atoms with Crippen LogP contribution in [0.25, 0.3) is 0 Å². The molecule has 1 saturated heterocycles. The van der Waals surface area contributed by atoms with E-state index in [1.54, 1.807) is 7.11 Å². The van der Waals surface area contributed by atoms with Crippen molar-refractivity contribution in [3.8, 4) is 0 Å². The fourth-order valence-corrected chi connectivity index (χ4v) is 4.18. The van der Waals surface area contributed by atoms with E-state index in [1.165, 1.54) is 0 Å². The molecule has 1 atom stereocenters. The van der Waals surface area contributed by atoms with Crippen LogP contribution in [0.1, 0.15) is 12.1 Å². The average molecular weight is 287 g/mol. The molecule has 1 aliphatic heterocycles. The molecule has 1 fully saturated rings. The highest BCUT2D eigenvalue weighted by molar-refractivity contribution is 7.91. The summed E-state index contributed by atoms with van der Waals surface area (Å²) in [5.74, 6) is 1.59. The van der Waals surface area contributed by atoms with Crippen molar-refractivity contribution in [3.63, 3.8) is 0 Å². The lowest BCUT2D eigenvalue weighted by molar-refractivity contribution is 0.187. The summed E-state index contributed by atoms with van der Waals surface area (Å²) in [6.45, 7) is 3.96. The van der Waals surface area contributed by atoms with Gasteiger partial charge < -0.3 is 14.6 Å². The standard InChI is InChI=1S/C12H21N3O3S/c1-10-8-15(4-5-18-2)12(14-10)13-7-11-3-6-19(16,17)9-11/h8,11H,3-7,9H2,1-2H3,(H,13,14). The number of aryl methyl sites for hydroxylation is 1. The van der Waals surface area contributed by atoms with Crippen molar-refractivity contribution in [1.82, 2.24) is 9.55 Å². The topological polar surface area (TPSA) is 73.2 Å². The smallest absolute Gasteiger partial charge is 0.203 e. The number of nitrogens with one attached hydrogen (secondary N) is 1. The molecule has 19 heavy (non-hydrogen) atoms. The number of hydrogen-bond donors (Lipinski definition) is 1. The third-order valence-electron chi connectivity index (χ3n) is 3.31. The van der Waals surface area contributed by atoms with Gasteiger partial charge in [-0.3, -0.25) is 0 Å². The van der Waals surface area contributed by atoms with Crippen molar-refractivity contribution >= 4 is 15.8 Å². The van der Waals surface area contributed by atoms with Gasteiger partial charge in [0.1, 0.15) is 0 Å². The number of ether oxygens (including phenoxy) is 1. The van der Waals surface area contributed by atoms with Gasteiger partial charge in [0, 0.05) is 26.4 Å². The predicted molar refractivity (Wildman–Crippen MR) is 74.1 cm³/mol. The number of imidazole rings is 1. The molecule has 1 aromatic rings. The molecule has 6 nitrogen and oxygen atoms in total. The lowest BCUT2D eigenvalue weighted by Crippen LogP contribution is -2.18. The SMILES string of the molecule is COCCn1cc(C)nc1NCC1CCS(=O)(=O)C1. The molecule has 0 radical (unpaired) electrons. The van der Waals surface area contributed by atoms with Crippen LogP contribution >= 0.6 is 0 Å². The maximum absolute atomic E-state index is 11.4. The van der Waals surface area contributed by atoms with Crippen molar-refractivity contribution < 1.29 is 13.2 Å². The highest BCUT2D eigenvalue weighted by Gasteiger charge is 2.27. The second kappa shape index (κ2) is 5.92. The van der Waals surface area contributed by atoms with Crippen LogP contribution in [0, 0.1) is 12.8 Å². The van der Waals surface area contributed by atoms with Crippen LogP contribution in [-0.4, -0.2) is 49.7 Å². The lowest BCUT2D eigenvalue weighted by Gasteiger charge is -2.12. The van der Waals surface area contributed by atoms with Crippen LogP contribution in [0.2, 0.25) is 0 Å². The Labute approximate surface area is 114 Å². The van der Waals surface area contributed by atoms with Crippen molar-refractivity contribution in [1.29, 1.82) is 0 Å². The van der Waals surface area contributed by atoms with Crippen LogP contribution in [0.15, 0.2) is 6.20 Å². The van der Waals surface area contributed by atoms with Gasteiger partial charge in [0.25, 0.3) is 0 Å². The van der Waals surface area contributed by atoms with Crippen molar-refractivity contribution in [2.45, 2.75) is 19.9 Å². The Morgan fingerprint density at radius 1 is 1.58 bits per heavy atom. The van der Waals surface area contributed by atoms with E-state index in [4.69, 9.17) is 4.74 Å². The van der Waals surface area contributed by atoms with Gasteiger partial charge in [-0.15, -0.1) is 0 Å². The highest BCUT2D eigenvalue weighted by Crippen LogP contribution is 2.19. The van der Waals surface area contributed by atoms with Crippen LogP contribution in [0.4, 0.5) is 5.95 Å². The van der Waals surface area contributed by atoms with Gasteiger partial charge in [0.15, 0.2) is 9.84 Å². The summed E-state index contributed by atoms with van der Waals surface area (Å²) in [5.41, 5.74) is 0.942. The summed E-state index contributed by atoms with van der Waals surface area (Å²) in [4.78, 5) is 4.41. The van der Waals surface area contributed by atoms with Gasteiger partial charge in [-0.25, -0.2) is 13.4 Å². The molecule has 7 heteroatoms. The first kappa shape index (κ1) is 14.3. The zero-order valence-electron chi connectivity index (χ0n) is 11.4. The number of sulfone groups is 1. The molecule has 1 N–H and O–H groups in total. The first-order valence-electron chi connectivity index (χ1n) is 6.47. The monoisotopic (exact) mass is 287 g/mol. The van der Waals surface area contributed by atoms with E-state index in [0.717, 1.165) is 24.6 Å². The Balaban J connectivity index is 1.92. The maximum atomic E-state index is 11.4. The number of methoxy groups -OCH3 is 1. The molecule has 0 bridgehead atoms. The van der Waals surface area contributed by atoms with E-state index in [9.17, 15) is 8.42 Å². The van der Waals surface area contributed by atoms with E-state index < -0.39 is 9.84 Å². The normalized spacial score (nSPS) is 21.7. The summed E-state index contributed by atoms with van der Waals surface area (Å²) in [7, 11) is -1.14.